The Hall–Kier alpha value is -1.33. The van der Waals surface area contributed by atoms with Gasteiger partial charge in [-0.15, -0.1) is 0 Å². The zero-order chi connectivity index (χ0) is 13.0. The predicted molar refractivity (Wildman–Crippen MR) is 71.4 cm³/mol. The maximum Gasteiger partial charge on any atom is 0.125 e. The molecule has 0 spiro atoms. The van der Waals surface area contributed by atoms with Gasteiger partial charge in [-0.1, -0.05) is 15.9 Å². The highest BCUT2D eigenvalue weighted by molar-refractivity contribution is 9.10. The number of nitrogens with one attached hydrogen (secondary N) is 1. The molecule has 1 aromatic carbocycles. The van der Waals surface area contributed by atoms with Crippen molar-refractivity contribution in [2.45, 2.75) is 20.0 Å². The Labute approximate surface area is 114 Å². The van der Waals surface area contributed by atoms with Crippen molar-refractivity contribution in [1.82, 2.24) is 15.3 Å². The van der Waals surface area contributed by atoms with Gasteiger partial charge in [-0.2, -0.15) is 0 Å². The summed E-state index contributed by atoms with van der Waals surface area (Å²) in [4.78, 5) is 8.32. The molecule has 3 nitrogen and oxygen atoms in total. The molecule has 0 aliphatic heterocycles. The van der Waals surface area contributed by atoms with Crippen LogP contribution < -0.4 is 5.32 Å². The van der Waals surface area contributed by atoms with Gasteiger partial charge in [0.05, 0.1) is 5.69 Å². The number of aryl methyl sites for hydroxylation is 1. The molecule has 94 valence electrons. The zero-order valence-corrected chi connectivity index (χ0v) is 11.5. The summed E-state index contributed by atoms with van der Waals surface area (Å²) in [6.07, 6.45) is 1.73. The van der Waals surface area contributed by atoms with E-state index in [4.69, 9.17) is 0 Å². The number of rotatable bonds is 4. The molecular formula is C13H13BrFN3. The first-order valence-corrected chi connectivity index (χ1v) is 6.37. The quantitative estimate of drug-likeness (QED) is 0.943. The van der Waals surface area contributed by atoms with Gasteiger partial charge >= 0.3 is 0 Å². The zero-order valence-electron chi connectivity index (χ0n) is 9.95. The minimum absolute atomic E-state index is 0.237. The molecule has 5 heteroatoms. The average molecular weight is 310 g/mol. The van der Waals surface area contributed by atoms with Crippen LogP contribution >= 0.6 is 15.9 Å². The molecule has 1 N–H and O–H groups in total. The molecule has 1 aromatic heterocycles. The van der Waals surface area contributed by atoms with Crippen LogP contribution in [0.3, 0.4) is 0 Å². The third kappa shape index (κ3) is 3.85. The fourth-order valence-corrected chi connectivity index (χ4v) is 2.16. The number of hydrogen-bond donors (Lipinski definition) is 1. The second-order valence-electron chi connectivity index (χ2n) is 3.98. The first-order valence-electron chi connectivity index (χ1n) is 5.58. The fourth-order valence-electron chi connectivity index (χ4n) is 1.65. The SMILES string of the molecule is Cc1nccc(CNCc2cc(F)cc(Br)c2)n1. The van der Waals surface area contributed by atoms with Crippen molar-refractivity contribution in [2.75, 3.05) is 0 Å². The number of halogens is 2. The molecule has 0 aliphatic carbocycles. The molecule has 18 heavy (non-hydrogen) atoms. The number of hydrogen-bond acceptors (Lipinski definition) is 3. The minimum atomic E-state index is -0.237. The summed E-state index contributed by atoms with van der Waals surface area (Å²) in [5, 5.41) is 3.22. The first-order chi connectivity index (χ1) is 8.63. The summed E-state index contributed by atoms with van der Waals surface area (Å²) < 4.78 is 13.9. The van der Waals surface area contributed by atoms with E-state index in [9.17, 15) is 4.39 Å². The highest BCUT2D eigenvalue weighted by Crippen LogP contribution is 2.14. The van der Waals surface area contributed by atoms with Crippen LogP contribution in [0, 0.1) is 12.7 Å². The maximum absolute atomic E-state index is 13.2. The van der Waals surface area contributed by atoms with E-state index < -0.39 is 0 Å². The standard InChI is InChI=1S/C13H13BrFN3/c1-9-17-3-2-13(18-9)8-16-7-10-4-11(14)6-12(15)5-10/h2-6,16H,7-8H2,1H3. The summed E-state index contributed by atoms with van der Waals surface area (Å²) in [5.41, 5.74) is 1.82. The molecule has 0 bridgehead atoms. The van der Waals surface area contributed by atoms with E-state index in [1.807, 2.05) is 19.1 Å². The number of nitrogens with zero attached hydrogens (tertiary/aromatic N) is 2. The van der Waals surface area contributed by atoms with Gasteiger partial charge in [-0.05, 0) is 36.8 Å². The van der Waals surface area contributed by atoms with Gasteiger partial charge in [0.15, 0.2) is 0 Å². The summed E-state index contributed by atoms with van der Waals surface area (Å²) in [6, 6.07) is 6.71. The van der Waals surface area contributed by atoms with E-state index in [1.54, 1.807) is 6.20 Å². The van der Waals surface area contributed by atoms with Crippen molar-refractivity contribution in [3.8, 4) is 0 Å². The average Bonchev–Trinajstić information content (AvgIpc) is 2.27. The van der Waals surface area contributed by atoms with Gasteiger partial charge in [-0.3, -0.25) is 0 Å². The van der Waals surface area contributed by atoms with E-state index in [0.717, 1.165) is 21.6 Å². The van der Waals surface area contributed by atoms with Crippen LogP contribution in [0.25, 0.3) is 0 Å². The molecule has 0 amide bonds. The molecule has 2 aromatic rings. The molecule has 0 radical (unpaired) electrons. The summed E-state index contributed by atoms with van der Waals surface area (Å²) >= 11 is 3.27. The molecule has 2 rings (SSSR count). The van der Waals surface area contributed by atoms with Crippen LogP contribution in [0.5, 0.6) is 0 Å². The fraction of sp³-hybridized carbons (Fsp3) is 0.231. The van der Waals surface area contributed by atoms with Crippen molar-refractivity contribution in [3.05, 3.63) is 57.8 Å². The van der Waals surface area contributed by atoms with Crippen molar-refractivity contribution >= 4 is 15.9 Å². The van der Waals surface area contributed by atoms with E-state index in [1.165, 1.54) is 12.1 Å². The highest BCUT2D eigenvalue weighted by atomic mass is 79.9. The lowest BCUT2D eigenvalue weighted by atomic mass is 10.2. The first kappa shape index (κ1) is 13.1. The lowest BCUT2D eigenvalue weighted by molar-refractivity contribution is 0.618. The smallest absolute Gasteiger partial charge is 0.125 e. The summed E-state index contributed by atoms with van der Waals surface area (Å²) in [6.45, 7) is 3.09. The molecule has 0 atom stereocenters. The highest BCUT2D eigenvalue weighted by Gasteiger charge is 2.00. The van der Waals surface area contributed by atoms with Gasteiger partial charge in [0.25, 0.3) is 0 Å². The molecular weight excluding hydrogens is 297 g/mol. The Morgan fingerprint density at radius 2 is 2.11 bits per heavy atom. The molecule has 0 saturated carbocycles. The van der Waals surface area contributed by atoms with Crippen LogP contribution in [0.1, 0.15) is 17.1 Å². The van der Waals surface area contributed by atoms with Gasteiger partial charge in [0.2, 0.25) is 0 Å². The predicted octanol–water partition coefficient (Wildman–Crippen LogP) is 2.98. The lowest BCUT2D eigenvalue weighted by Gasteiger charge is -2.06. The Balaban J connectivity index is 1.92. The van der Waals surface area contributed by atoms with Crippen molar-refractivity contribution in [1.29, 1.82) is 0 Å². The second kappa shape index (κ2) is 6.02. The minimum Gasteiger partial charge on any atom is -0.307 e. The second-order valence-corrected chi connectivity index (χ2v) is 4.89. The monoisotopic (exact) mass is 309 g/mol. The topological polar surface area (TPSA) is 37.8 Å². The molecule has 0 unspecified atom stereocenters. The van der Waals surface area contributed by atoms with Crippen LogP contribution in [0.4, 0.5) is 4.39 Å². The van der Waals surface area contributed by atoms with Crippen LogP contribution in [-0.2, 0) is 13.1 Å². The van der Waals surface area contributed by atoms with Gasteiger partial charge in [0.1, 0.15) is 11.6 Å². The van der Waals surface area contributed by atoms with E-state index in [0.29, 0.717) is 13.1 Å². The number of benzene rings is 1. The normalized spacial score (nSPS) is 10.6. The Kier molecular flexibility index (Phi) is 4.38. The molecule has 0 aliphatic rings. The Morgan fingerprint density at radius 3 is 2.83 bits per heavy atom. The molecule has 0 saturated heterocycles. The van der Waals surface area contributed by atoms with Crippen molar-refractivity contribution in [2.24, 2.45) is 0 Å². The third-order valence-corrected chi connectivity index (χ3v) is 2.85. The van der Waals surface area contributed by atoms with Gasteiger partial charge in [0, 0.05) is 23.8 Å². The maximum atomic E-state index is 13.2. The van der Waals surface area contributed by atoms with Crippen molar-refractivity contribution < 1.29 is 4.39 Å². The van der Waals surface area contributed by atoms with Gasteiger partial charge < -0.3 is 5.32 Å². The van der Waals surface area contributed by atoms with Crippen LogP contribution in [0.15, 0.2) is 34.9 Å². The van der Waals surface area contributed by atoms with E-state index in [2.05, 4.69) is 31.2 Å². The van der Waals surface area contributed by atoms with E-state index in [-0.39, 0.29) is 5.82 Å². The van der Waals surface area contributed by atoms with Crippen LogP contribution in [-0.4, -0.2) is 9.97 Å². The van der Waals surface area contributed by atoms with Crippen LogP contribution in [0.2, 0.25) is 0 Å². The molecule has 0 fully saturated rings. The van der Waals surface area contributed by atoms with E-state index >= 15 is 0 Å². The largest absolute Gasteiger partial charge is 0.307 e. The van der Waals surface area contributed by atoms with Crippen molar-refractivity contribution in [3.63, 3.8) is 0 Å². The lowest BCUT2D eigenvalue weighted by Crippen LogP contribution is -2.14. The Morgan fingerprint density at radius 1 is 1.28 bits per heavy atom. The Bertz CT molecular complexity index is 525. The third-order valence-electron chi connectivity index (χ3n) is 2.39. The molecule has 1 heterocycles. The number of aromatic nitrogens is 2. The summed E-state index contributed by atoms with van der Waals surface area (Å²) in [5.74, 6) is 0.516. The van der Waals surface area contributed by atoms with Gasteiger partial charge in [-0.25, -0.2) is 14.4 Å². The summed E-state index contributed by atoms with van der Waals surface area (Å²) in [7, 11) is 0.